The molecule has 0 saturated heterocycles. The van der Waals surface area contributed by atoms with Crippen molar-refractivity contribution >= 4 is 11.7 Å². The molecule has 2 aromatic rings. The normalized spacial score (nSPS) is 10.5. The van der Waals surface area contributed by atoms with E-state index in [-0.39, 0.29) is 31.1 Å². The maximum absolute atomic E-state index is 13.1. The van der Waals surface area contributed by atoms with Crippen LogP contribution in [-0.4, -0.2) is 24.8 Å². The number of hydrogen-bond acceptors (Lipinski definition) is 3. The number of rotatable bonds is 10. The number of carbonyl (C=O) groups excluding carboxylic acids is 2. The highest BCUT2D eigenvalue weighted by Gasteiger charge is 2.10. The first-order chi connectivity index (χ1) is 13.0. The van der Waals surface area contributed by atoms with Crippen LogP contribution in [0.4, 0.5) is 8.78 Å². The van der Waals surface area contributed by atoms with Gasteiger partial charge in [-0.3, -0.25) is 9.59 Å². The number of benzene rings is 2. The van der Waals surface area contributed by atoms with Gasteiger partial charge < -0.3 is 10.1 Å². The van der Waals surface area contributed by atoms with Crippen LogP contribution >= 0.6 is 0 Å². The highest BCUT2D eigenvalue weighted by molar-refractivity contribution is 5.98. The van der Waals surface area contributed by atoms with E-state index >= 15 is 0 Å². The number of amides is 1. The lowest BCUT2D eigenvalue weighted by molar-refractivity contribution is -0.121. The minimum absolute atomic E-state index is 0.0600. The zero-order valence-corrected chi connectivity index (χ0v) is 15.3. The minimum atomic E-state index is -0.645. The molecule has 0 aliphatic carbocycles. The summed E-state index contributed by atoms with van der Waals surface area (Å²) in [5.74, 6) is -0.983. The number of halogens is 2. The van der Waals surface area contributed by atoms with Gasteiger partial charge in [-0.1, -0.05) is 6.92 Å². The van der Waals surface area contributed by atoms with Crippen molar-refractivity contribution in [2.75, 3.05) is 13.2 Å². The lowest BCUT2D eigenvalue weighted by Gasteiger charge is -2.07. The molecule has 1 amide bonds. The first-order valence-corrected chi connectivity index (χ1v) is 8.95. The van der Waals surface area contributed by atoms with E-state index in [4.69, 9.17) is 4.74 Å². The van der Waals surface area contributed by atoms with Crippen LogP contribution in [0.1, 0.15) is 42.1 Å². The van der Waals surface area contributed by atoms with Gasteiger partial charge in [0.05, 0.1) is 6.61 Å². The molecule has 4 nitrogen and oxygen atoms in total. The molecule has 0 aliphatic heterocycles. The highest BCUT2D eigenvalue weighted by Crippen LogP contribution is 2.14. The molecule has 0 fully saturated rings. The third-order valence-electron chi connectivity index (χ3n) is 3.89. The number of ketones is 1. The summed E-state index contributed by atoms with van der Waals surface area (Å²) in [4.78, 5) is 24.0. The Bertz CT molecular complexity index is 755. The van der Waals surface area contributed by atoms with E-state index < -0.39 is 11.6 Å². The minimum Gasteiger partial charge on any atom is -0.494 e. The molecule has 2 rings (SSSR count). The Hall–Kier alpha value is -2.76. The van der Waals surface area contributed by atoms with E-state index in [1.807, 2.05) is 6.92 Å². The van der Waals surface area contributed by atoms with Gasteiger partial charge in [0, 0.05) is 31.0 Å². The van der Waals surface area contributed by atoms with Gasteiger partial charge in [0.1, 0.15) is 17.4 Å². The zero-order chi connectivity index (χ0) is 19.6. The Morgan fingerprint density at radius 1 is 1.00 bits per heavy atom. The van der Waals surface area contributed by atoms with E-state index in [0.717, 1.165) is 12.5 Å². The summed E-state index contributed by atoms with van der Waals surface area (Å²) < 4.78 is 31.7. The number of hydrogen-bond donors (Lipinski definition) is 1. The monoisotopic (exact) mass is 375 g/mol. The van der Waals surface area contributed by atoms with Crippen LogP contribution in [0.5, 0.6) is 5.75 Å². The second kappa shape index (κ2) is 10.4. The molecule has 0 unspecified atom stereocenters. The van der Waals surface area contributed by atoms with Crippen molar-refractivity contribution < 1.29 is 23.1 Å². The molecule has 0 spiro atoms. The summed E-state index contributed by atoms with van der Waals surface area (Å²) in [6, 6.07) is 10.1. The van der Waals surface area contributed by atoms with Crippen LogP contribution in [0.15, 0.2) is 42.5 Å². The first kappa shape index (κ1) is 20.6. The molecule has 2 aromatic carbocycles. The fourth-order valence-electron chi connectivity index (χ4n) is 2.52. The predicted molar refractivity (Wildman–Crippen MR) is 98.9 cm³/mol. The molecule has 0 atom stereocenters. The second-order valence-corrected chi connectivity index (χ2v) is 6.17. The van der Waals surface area contributed by atoms with Crippen LogP contribution in [0, 0.1) is 11.6 Å². The van der Waals surface area contributed by atoms with E-state index in [1.165, 1.54) is 12.1 Å². The standard InChI is InChI=1S/C21H23F2NO3/c1-2-11-27-19-5-3-16(4-6-19)20(25)7-8-21(26)24-10-9-15-12-17(22)14-18(23)13-15/h3-6,12-14H,2,7-11H2,1H3,(H,24,26). The molecule has 0 heterocycles. The Balaban J connectivity index is 1.72. The van der Waals surface area contributed by atoms with Crippen molar-refractivity contribution in [1.29, 1.82) is 0 Å². The molecule has 0 saturated carbocycles. The van der Waals surface area contributed by atoms with Gasteiger partial charge in [0.15, 0.2) is 5.78 Å². The van der Waals surface area contributed by atoms with Crippen molar-refractivity contribution in [3.63, 3.8) is 0 Å². The summed E-state index contributed by atoms with van der Waals surface area (Å²) in [6.07, 6.45) is 1.37. The van der Waals surface area contributed by atoms with Crippen LogP contribution in [0.3, 0.4) is 0 Å². The average Bonchev–Trinajstić information content (AvgIpc) is 2.64. The summed E-state index contributed by atoms with van der Waals surface area (Å²) in [7, 11) is 0. The largest absolute Gasteiger partial charge is 0.494 e. The maximum Gasteiger partial charge on any atom is 0.220 e. The van der Waals surface area contributed by atoms with Crippen molar-refractivity contribution in [3.05, 3.63) is 65.2 Å². The fourth-order valence-corrected chi connectivity index (χ4v) is 2.52. The molecule has 0 aliphatic rings. The van der Waals surface area contributed by atoms with Gasteiger partial charge >= 0.3 is 0 Å². The Morgan fingerprint density at radius 3 is 2.30 bits per heavy atom. The van der Waals surface area contributed by atoms with Gasteiger partial charge in [-0.2, -0.15) is 0 Å². The number of nitrogens with one attached hydrogen (secondary N) is 1. The molecule has 6 heteroatoms. The number of ether oxygens (including phenoxy) is 1. The Morgan fingerprint density at radius 2 is 1.67 bits per heavy atom. The van der Waals surface area contributed by atoms with Crippen molar-refractivity contribution in [1.82, 2.24) is 5.32 Å². The lowest BCUT2D eigenvalue weighted by atomic mass is 10.1. The van der Waals surface area contributed by atoms with Crippen molar-refractivity contribution in [3.8, 4) is 5.75 Å². The van der Waals surface area contributed by atoms with E-state index in [9.17, 15) is 18.4 Å². The third kappa shape index (κ3) is 7.17. The fraction of sp³-hybridized carbons (Fsp3) is 0.333. The quantitative estimate of drug-likeness (QED) is 0.637. The summed E-state index contributed by atoms with van der Waals surface area (Å²) in [6.45, 7) is 2.88. The summed E-state index contributed by atoms with van der Waals surface area (Å²) >= 11 is 0. The van der Waals surface area contributed by atoms with Gasteiger partial charge in [0.2, 0.25) is 5.91 Å². The average molecular weight is 375 g/mol. The van der Waals surface area contributed by atoms with Crippen molar-refractivity contribution in [2.45, 2.75) is 32.6 Å². The zero-order valence-electron chi connectivity index (χ0n) is 15.3. The third-order valence-corrected chi connectivity index (χ3v) is 3.89. The van der Waals surface area contributed by atoms with Crippen LogP contribution in [-0.2, 0) is 11.2 Å². The van der Waals surface area contributed by atoms with E-state index in [0.29, 0.717) is 29.9 Å². The Kier molecular flexibility index (Phi) is 7.92. The number of carbonyl (C=O) groups is 2. The molecule has 27 heavy (non-hydrogen) atoms. The highest BCUT2D eigenvalue weighted by atomic mass is 19.1. The number of Topliss-reactive ketones (excluding diaryl/α,β-unsaturated/α-hetero) is 1. The second-order valence-electron chi connectivity index (χ2n) is 6.17. The smallest absolute Gasteiger partial charge is 0.220 e. The van der Waals surface area contributed by atoms with E-state index in [1.54, 1.807) is 24.3 Å². The molecular formula is C21H23F2NO3. The summed E-state index contributed by atoms with van der Waals surface area (Å²) in [5.41, 5.74) is 0.996. The SMILES string of the molecule is CCCOc1ccc(C(=O)CCC(=O)NCCc2cc(F)cc(F)c2)cc1. The topological polar surface area (TPSA) is 55.4 Å². The Labute approximate surface area is 157 Å². The first-order valence-electron chi connectivity index (χ1n) is 8.95. The van der Waals surface area contributed by atoms with Crippen LogP contribution in [0.2, 0.25) is 0 Å². The van der Waals surface area contributed by atoms with E-state index in [2.05, 4.69) is 5.32 Å². The molecule has 0 aromatic heterocycles. The van der Waals surface area contributed by atoms with Crippen LogP contribution in [0.25, 0.3) is 0 Å². The lowest BCUT2D eigenvalue weighted by Crippen LogP contribution is -2.26. The molecule has 0 bridgehead atoms. The molecule has 0 radical (unpaired) electrons. The van der Waals surface area contributed by atoms with Gasteiger partial charge in [0.25, 0.3) is 0 Å². The van der Waals surface area contributed by atoms with Crippen LogP contribution < -0.4 is 10.1 Å². The van der Waals surface area contributed by atoms with Gasteiger partial charge in [-0.25, -0.2) is 8.78 Å². The van der Waals surface area contributed by atoms with Crippen molar-refractivity contribution in [2.24, 2.45) is 0 Å². The molecule has 144 valence electrons. The summed E-state index contributed by atoms with van der Waals surface area (Å²) in [5, 5.41) is 2.65. The molecule has 1 N–H and O–H groups in total. The van der Waals surface area contributed by atoms with Gasteiger partial charge in [-0.15, -0.1) is 0 Å². The predicted octanol–water partition coefficient (Wildman–Crippen LogP) is 4.08. The van der Waals surface area contributed by atoms with Gasteiger partial charge in [-0.05, 0) is 54.8 Å². The molecular weight excluding hydrogens is 352 g/mol. The maximum atomic E-state index is 13.1.